The predicted molar refractivity (Wildman–Crippen MR) is 96.6 cm³/mol. The Morgan fingerprint density at radius 2 is 1.41 bits per heavy atom. The minimum atomic E-state index is -1.87. The van der Waals surface area contributed by atoms with E-state index in [1.165, 1.54) is 6.92 Å². The van der Waals surface area contributed by atoms with Gasteiger partial charge in [0.15, 0.2) is 0 Å². The van der Waals surface area contributed by atoms with Crippen molar-refractivity contribution in [2.75, 3.05) is 6.61 Å². The van der Waals surface area contributed by atoms with Gasteiger partial charge in [-0.2, -0.15) is 0 Å². The second kappa shape index (κ2) is 8.99. The van der Waals surface area contributed by atoms with Gasteiger partial charge in [0.25, 0.3) is 0 Å². The van der Waals surface area contributed by atoms with Crippen molar-refractivity contribution in [3.8, 4) is 0 Å². The van der Waals surface area contributed by atoms with Gasteiger partial charge in [0, 0.05) is 5.92 Å². The number of aliphatic hydroxyl groups excluding tert-OH is 1. The molecule has 0 heterocycles. The molecule has 0 unspecified atom stereocenters. The van der Waals surface area contributed by atoms with Gasteiger partial charge in [0.2, 0.25) is 8.32 Å². The topological polar surface area (TPSA) is 46.5 Å². The molecule has 4 heteroatoms. The molecule has 2 atom stereocenters. The number of carbonyl (C=O) groups is 1. The van der Waals surface area contributed by atoms with E-state index in [0.29, 0.717) is 23.2 Å². The van der Waals surface area contributed by atoms with Crippen LogP contribution in [0.2, 0.25) is 16.6 Å². The molecule has 0 radical (unpaired) electrons. The third kappa shape index (κ3) is 5.03. The first kappa shape index (κ1) is 21.5. The quantitative estimate of drug-likeness (QED) is 0.492. The fourth-order valence-corrected chi connectivity index (χ4v) is 8.93. The number of carbonyl (C=O) groups excluding carboxylic acids is 1. The van der Waals surface area contributed by atoms with Crippen molar-refractivity contribution in [2.45, 2.75) is 85.0 Å². The maximum Gasteiger partial charge on any atom is 0.200 e. The standard InChI is InChI=1S/C18H36O3Si/c1-12(2)22(13(3)4,14(5)6)21-11-10-15(7)18(20)16(8)17(9)19/h10,12-14,16,18,20H,11H2,1-9H3/b15-10+/t16-,18-/m0/s1. The summed E-state index contributed by atoms with van der Waals surface area (Å²) in [7, 11) is -1.87. The SMILES string of the molecule is CC(=O)[C@H](C)[C@@H](O)/C(C)=C/CO[Si](C(C)C)(C(C)C)C(C)C. The van der Waals surface area contributed by atoms with Crippen molar-refractivity contribution in [3.05, 3.63) is 11.6 Å². The van der Waals surface area contributed by atoms with Crippen molar-refractivity contribution in [1.82, 2.24) is 0 Å². The lowest BCUT2D eigenvalue weighted by Gasteiger charge is -2.42. The second-order valence-electron chi connectivity index (χ2n) is 7.42. The summed E-state index contributed by atoms with van der Waals surface area (Å²) in [6.07, 6.45) is 1.23. The van der Waals surface area contributed by atoms with Crippen LogP contribution in [0.1, 0.15) is 62.3 Å². The summed E-state index contributed by atoms with van der Waals surface area (Å²) < 4.78 is 6.44. The van der Waals surface area contributed by atoms with E-state index in [0.717, 1.165) is 5.57 Å². The molecule has 0 rings (SSSR count). The van der Waals surface area contributed by atoms with Gasteiger partial charge >= 0.3 is 0 Å². The van der Waals surface area contributed by atoms with E-state index in [2.05, 4.69) is 41.5 Å². The molecule has 0 amide bonds. The minimum absolute atomic E-state index is 0.0106. The minimum Gasteiger partial charge on any atom is -0.412 e. The van der Waals surface area contributed by atoms with Crippen LogP contribution in [-0.2, 0) is 9.22 Å². The van der Waals surface area contributed by atoms with E-state index in [1.807, 2.05) is 13.0 Å². The van der Waals surface area contributed by atoms with Crippen molar-refractivity contribution in [2.24, 2.45) is 5.92 Å². The second-order valence-corrected chi connectivity index (χ2v) is 12.9. The smallest absolute Gasteiger partial charge is 0.200 e. The lowest BCUT2D eigenvalue weighted by atomic mass is 9.95. The maximum absolute atomic E-state index is 11.4. The van der Waals surface area contributed by atoms with Crippen molar-refractivity contribution in [3.63, 3.8) is 0 Å². The maximum atomic E-state index is 11.4. The highest BCUT2D eigenvalue weighted by Gasteiger charge is 2.44. The summed E-state index contributed by atoms with van der Waals surface area (Å²) in [5, 5.41) is 10.2. The molecule has 0 aromatic carbocycles. The third-order valence-corrected chi connectivity index (χ3v) is 11.1. The van der Waals surface area contributed by atoms with Crippen LogP contribution in [0.5, 0.6) is 0 Å². The Hall–Kier alpha value is -0.453. The molecule has 0 saturated carbocycles. The summed E-state index contributed by atoms with van der Waals surface area (Å²) in [5.74, 6) is -0.352. The first-order valence-electron chi connectivity index (χ1n) is 8.47. The van der Waals surface area contributed by atoms with Crippen LogP contribution < -0.4 is 0 Å². The highest BCUT2D eigenvalue weighted by atomic mass is 28.4. The average molecular weight is 329 g/mol. The lowest BCUT2D eigenvalue weighted by molar-refractivity contribution is -0.122. The summed E-state index contributed by atoms with van der Waals surface area (Å²) in [6, 6.07) is 0. The van der Waals surface area contributed by atoms with Crippen LogP contribution in [-0.4, -0.2) is 31.9 Å². The normalized spacial score (nSPS) is 16.5. The van der Waals surface area contributed by atoms with Crippen LogP contribution in [0.15, 0.2) is 11.6 Å². The third-order valence-electron chi connectivity index (χ3n) is 5.03. The molecule has 0 aromatic heterocycles. The van der Waals surface area contributed by atoms with E-state index < -0.39 is 14.4 Å². The summed E-state index contributed by atoms with van der Waals surface area (Å²) in [5.41, 5.74) is 2.45. The number of ketones is 1. The average Bonchev–Trinajstić information content (AvgIpc) is 2.39. The Morgan fingerprint density at radius 3 is 1.73 bits per heavy atom. The van der Waals surface area contributed by atoms with E-state index >= 15 is 0 Å². The van der Waals surface area contributed by atoms with Crippen LogP contribution in [0, 0.1) is 5.92 Å². The first-order valence-corrected chi connectivity index (χ1v) is 10.6. The molecule has 130 valence electrons. The van der Waals surface area contributed by atoms with Gasteiger partial charge in [0.1, 0.15) is 5.78 Å². The molecule has 0 aliphatic carbocycles. The Bertz CT molecular complexity index is 364. The highest BCUT2D eigenvalue weighted by molar-refractivity contribution is 6.77. The van der Waals surface area contributed by atoms with Gasteiger partial charge < -0.3 is 9.53 Å². The van der Waals surface area contributed by atoms with Crippen LogP contribution in [0.4, 0.5) is 0 Å². The Balaban J connectivity index is 5.02. The summed E-state index contributed by atoms with van der Waals surface area (Å²) in [4.78, 5) is 11.4. The Labute approximate surface area is 138 Å². The molecule has 0 bridgehead atoms. The molecule has 0 saturated heterocycles. The van der Waals surface area contributed by atoms with Gasteiger partial charge in [-0.25, -0.2) is 0 Å². The largest absolute Gasteiger partial charge is 0.412 e. The highest BCUT2D eigenvalue weighted by Crippen LogP contribution is 2.42. The summed E-state index contributed by atoms with van der Waals surface area (Å²) >= 11 is 0. The van der Waals surface area contributed by atoms with E-state index in [-0.39, 0.29) is 11.7 Å². The van der Waals surface area contributed by atoms with E-state index in [9.17, 15) is 9.90 Å². The van der Waals surface area contributed by atoms with Crippen LogP contribution in [0.25, 0.3) is 0 Å². The molecule has 0 aliphatic rings. The summed E-state index contributed by atoms with van der Waals surface area (Å²) in [6.45, 7) is 19.2. The van der Waals surface area contributed by atoms with Gasteiger partial charge in [-0.1, -0.05) is 54.5 Å². The number of aliphatic hydroxyl groups is 1. The zero-order valence-electron chi connectivity index (χ0n) is 15.9. The molecule has 3 nitrogen and oxygen atoms in total. The van der Waals surface area contributed by atoms with Gasteiger partial charge in [-0.3, -0.25) is 4.79 Å². The van der Waals surface area contributed by atoms with Crippen molar-refractivity contribution < 1.29 is 14.3 Å². The molecular weight excluding hydrogens is 292 g/mol. The Kier molecular flexibility index (Phi) is 8.81. The molecular formula is C18H36O3Si. The molecule has 0 fully saturated rings. The molecule has 0 aliphatic heterocycles. The van der Waals surface area contributed by atoms with Crippen molar-refractivity contribution >= 4 is 14.1 Å². The van der Waals surface area contributed by atoms with Crippen molar-refractivity contribution in [1.29, 1.82) is 0 Å². The zero-order valence-corrected chi connectivity index (χ0v) is 16.9. The van der Waals surface area contributed by atoms with Crippen LogP contribution in [0.3, 0.4) is 0 Å². The molecule has 22 heavy (non-hydrogen) atoms. The van der Waals surface area contributed by atoms with Crippen LogP contribution >= 0.6 is 0 Å². The van der Waals surface area contributed by atoms with Gasteiger partial charge in [0.05, 0.1) is 12.7 Å². The number of hydrogen-bond donors (Lipinski definition) is 1. The fourth-order valence-electron chi connectivity index (χ4n) is 3.55. The Morgan fingerprint density at radius 1 is 1.00 bits per heavy atom. The number of rotatable bonds is 9. The monoisotopic (exact) mass is 328 g/mol. The number of hydrogen-bond acceptors (Lipinski definition) is 3. The first-order chi connectivity index (χ1) is 9.98. The lowest BCUT2D eigenvalue weighted by Crippen LogP contribution is -2.47. The van der Waals surface area contributed by atoms with Gasteiger partial charge in [-0.15, -0.1) is 0 Å². The molecule has 0 spiro atoms. The predicted octanol–water partition coefficient (Wildman–Crippen LogP) is 4.71. The molecule has 0 aromatic rings. The van der Waals surface area contributed by atoms with E-state index in [1.54, 1.807) is 6.92 Å². The van der Waals surface area contributed by atoms with Gasteiger partial charge in [-0.05, 0) is 36.0 Å². The van der Waals surface area contributed by atoms with E-state index in [4.69, 9.17) is 4.43 Å². The molecule has 1 N–H and O–H groups in total. The number of Topliss-reactive ketones (excluding diaryl/α,β-unsaturated/α-hetero) is 1. The fraction of sp³-hybridized carbons (Fsp3) is 0.833. The zero-order chi connectivity index (χ0) is 17.7.